The third-order valence-electron chi connectivity index (χ3n) is 4.22. The maximum absolute atomic E-state index is 13.3. The van der Waals surface area contributed by atoms with E-state index in [-0.39, 0.29) is 11.4 Å². The van der Waals surface area contributed by atoms with Gasteiger partial charge in [0, 0.05) is 17.8 Å². The van der Waals surface area contributed by atoms with E-state index in [2.05, 4.69) is 58.7 Å². The van der Waals surface area contributed by atoms with Crippen LogP contribution in [0, 0.1) is 5.82 Å². The maximum Gasteiger partial charge on any atom is 0.183 e. The maximum atomic E-state index is 13.3. The molecular formula is C20H21FN4S2. The highest BCUT2D eigenvalue weighted by molar-refractivity contribution is 8.14. The highest BCUT2D eigenvalue weighted by atomic mass is 32.2. The Balaban J connectivity index is 1.32. The molecule has 140 valence electrons. The quantitative estimate of drug-likeness (QED) is 0.619. The lowest BCUT2D eigenvalue weighted by Crippen LogP contribution is -2.36. The van der Waals surface area contributed by atoms with E-state index in [0.29, 0.717) is 0 Å². The summed E-state index contributed by atoms with van der Waals surface area (Å²) in [5.41, 5.74) is 3.15. The molecule has 0 bridgehead atoms. The molecule has 1 aliphatic heterocycles. The van der Waals surface area contributed by atoms with Gasteiger partial charge < -0.3 is 10.6 Å². The SMILES string of the molecule is CC1(C)CS/C(=N\c2ccc(CCNc3nc4ccc(F)cc4s3)cc2)N1. The molecule has 3 aromatic rings. The second-order valence-electron chi connectivity index (χ2n) is 7.19. The summed E-state index contributed by atoms with van der Waals surface area (Å²) in [5, 5.41) is 8.57. The molecule has 2 N–H and O–H groups in total. The first-order valence-corrected chi connectivity index (χ1v) is 10.7. The van der Waals surface area contributed by atoms with Crippen LogP contribution in [0.1, 0.15) is 19.4 Å². The minimum atomic E-state index is -0.226. The average molecular weight is 401 g/mol. The fourth-order valence-electron chi connectivity index (χ4n) is 2.81. The molecule has 1 fully saturated rings. The number of thiazole rings is 1. The standard InChI is InChI=1S/C20H21FN4S2/c1-20(2)12-26-19(25-20)23-15-6-3-13(4-7-15)9-10-22-18-24-16-8-5-14(21)11-17(16)27-18/h3-8,11H,9-10,12H2,1-2H3,(H,22,24)(H,23,25). The van der Waals surface area contributed by atoms with E-state index in [0.717, 1.165) is 44.9 Å². The first kappa shape index (κ1) is 18.3. The molecule has 1 aromatic heterocycles. The summed E-state index contributed by atoms with van der Waals surface area (Å²) < 4.78 is 14.1. The van der Waals surface area contributed by atoms with Crippen molar-refractivity contribution >= 4 is 49.3 Å². The van der Waals surface area contributed by atoms with E-state index in [4.69, 9.17) is 0 Å². The number of nitrogens with one attached hydrogen (secondary N) is 2. The van der Waals surface area contributed by atoms with Crippen LogP contribution in [0.4, 0.5) is 15.2 Å². The molecule has 7 heteroatoms. The summed E-state index contributed by atoms with van der Waals surface area (Å²) in [6, 6.07) is 13.0. The van der Waals surface area contributed by atoms with Gasteiger partial charge in [-0.2, -0.15) is 0 Å². The fraction of sp³-hybridized carbons (Fsp3) is 0.300. The Morgan fingerprint density at radius 2 is 2.04 bits per heavy atom. The molecule has 4 rings (SSSR count). The van der Waals surface area contributed by atoms with Crippen molar-refractivity contribution in [3.05, 3.63) is 53.8 Å². The molecule has 0 saturated carbocycles. The van der Waals surface area contributed by atoms with Gasteiger partial charge in [0.2, 0.25) is 0 Å². The molecule has 1 aliphatic rings. The van der Waals surface area contributed by atoms with Gasteiger partial charge in [-0.05, 0) is 56.2 Å². The molecular weight excluding hydrogens is 379 g/mol. The van der Waals surface area contributed by atoms with Gasteiger partial charge in [0.25, 0.3) is 0 Å². The lowest BCUT2D eigenvalue weighted by atomic mass is 10.1. The summed E-state index contributed by atoms with van der Waals surface area (Å²) >= 11 is 3.24. The molecule has 0 aliphatic carbocycles. The zero-order chi connectivity index (χ0) is 18.9. The van der Waals surface area contributed by atoms with E-state index in [1.165, 1.54) is 29.0 Å². The Bertz CT molecular complexity index is 979. The molecule has 2 aromatic carbocycles. The van der Waals surface area contributed by atoms with Gasteiger partial charge in [-0.1, -0.05) is 35.2 Å². The van der Waals surface area contributed by atoms with Gasteiger partial charge in [0.15, 0.2) is 10.3 Å². The topological polar surface area (TPSA) is 49.3 Å². The molecule has 0 unspecified atom stereocenters. The number of benzene rings is 2. The van der Waals surface area contributed by atoms with Gasteiger partial charge in [0.1, 0.15) is 5.82 Å². The summed E-state index contributed by atoms with van der Waals surface area (Å²) in [5.74, 6) is 0.810. The van der Waals surface area contributed by atoms with Gasteiger partial charge in [-0.3, -0.25) is 0 Å². The second kappa shape index (κ2) is 7.48. The van der Waals surface area contributed by atoms with Crippen molar-refractivity contribution in [2.45, 2.75) is 25.8 Å². The Morgan fingerprint density at radius 3 is 2.78 bits per heavy atom. The van der Waals surface area contributed by atoms with Gasteiger partial charge in [-0.15, -0.1) is 0 Å². The van der Waals surface area contributed by atoms with Crippen LogP contribution in [0.2, 0.25) is 0 Å². The summed E-state index contributed by atoms with van der Waals surface area (Å²) in [6.45, 7) is 5.14. The number of anilines is 1. The van der Waals surface area contributed by atoms with Crippen LogP contribution in [-0.4, -0.2) is 28.0 Å². The molecule has 2 heterocycles. The van der Waals surface area contributed by atoms with Crippen LogP contribution in [-0.2, 0) is 6.42 Å². The molecule has 27 heavy (non-hydrogen) atoms. The Kier molecular flexibility index (Phi) is 5.06. The van der Waals surface area contributed by atoms with Crippen molar-refractivity contribution in [3.63, 3.8) is 0 Å². The third-order valence-corrected chi connectivity index (χ3v) is 6.53. The third kappa shape index (κ3) is 4.59. The number of hydrogen-bond donors (Lipinski definition) is 2. The van der Waals surface area contributed by atoms with Crippen LogP contribution < -0.4 is 10.6 Å². The lowest BCUT2D eigenvalue weighted by Gasteiger charge is -2.15. The van der Waals surface area contributed by atoms with Crippen LogP contribution >= 0.6 is 23.1 Å². The molecule has 0 atom stereocenters. The lowest BCUT2D eigenvalue weighted by molar-refractivity contribution is 0.537. The zero-order valence-electron chi connectivity index (χ0n) is 15.3. The number of aromatic nitrogens is 1. The van der Waals surface area contributed by atoms with Crippen molar-refractivity contribution in [1.29, 1.82) is 0 Å². The fourth-order valence-corrected chi connectivity index (χ4v) is 4.82. The smallest absolute Gasteiger partial charge is 0.183 e. The van der Waals surface area contributed by atoms with Crippen molar-refractivity contribution in [2.24, 2.45) is 4.99 Å². The number of amidine groups is 1. The number of hydrogen-bond acceptors (Lipinski definition) is 5. The van der Waals surface area contributed by atoms with E-state index in [1.807, 2.05) is 0 Å². The predicted octanol–water partition coefficient (Wildman–Crippen LogP) is 5.19. The second-order valence-corrected chi connectivity index (χ2v) is 9.18. The van der Waals surface area contributed by atoms with Crippen LogP contribution in [0.15, 0.2) is 47.5 Å². The molecule has 0 spiro atoms. The Morgan fingerprint density at radius 1 is 1.22 bits per heavy atom. The first-order valence-electron chi connectivity index (χ1n) is 8.85. The van der Waals surface area contributed by atoms with E-state index in [1.54, 1.807) is 17.8 Å². The number of rotatable bonds is 5. The van der Waals surface area contributed by atoms with Crippen LogP contribution in [0.25, 0.3) is 10.2 Å². The summed E-state index contributed by atoms with van der Waals surface area (Å²) in [7, 11) is 0. The number of nitrogens with zero attached hydrogens (tertiary/aromatic N) is 2. The van der Waals surface area contributed by atoms with Gasteiger partial charge in [-0.25, -0.2) is 14.4 Å². The number of halogens is 1. The number of thioether (sulfide) groups is 1. The average Bonchev–Trinajstić information content (AvgIpc) is 3.18. The van der Waals surface area contributed by atoms with Crippen molar-refractivity contribution in [2.75, 3.05) is 17.6 Å². The van der Waals surface area contributed by atoms with E-state index in [9.17, 15) is 4.39 Å². The monoisotopic (exact) mass is 400 g/mol. The van der Waals surface area contributed by atoms with Gasteiger partial charge >= 0.3 is 0 Å². The summed E-state index contributed by atoms with van der Waals surface area (Å²) in [6.07, 6.45) is 0.890. The van der Waals surface area contributed by atoms with Crippen LogP contribution in [0.5, 0.6) is 0 Å². The van der Waals surface area contributed by atoms with Crippen LogP contribution in [0.3, 0.4) is 0 Å². The normalized spacial score (nSPS) is 17.4. The first-order chi connectivity index (χ1) is 13.0. The Labute approximate surface area is 166 Å². The van der Waals surface area contributed by atoms with Crippen molar-refractivity contribution < 1.29 is 4.39 Å². The molecule has 1 saturated heterocycles. The van der Waals surface area contributed by atoms with Crippen molar-refractivity contribution in [3.8, 4) is 0 Å². The van der Waals surface area contributed by atoms with E-state index < -0.39 is 0 Å². The zero-order valence-corrected chi connectivity index (χ0v) is 16.9. The largest absolute Gasteiger partial charge is 0.361 e. The highest BCUT2D eigenvalue weighted by Gasteiger charge is 2.27. The molecule has 0 radical (unpaired) electrons. The molecule has 0 amide bonds. The number of aliphatic imine (C=N–C) groups is 1. The summed E-state index contributed by atoms with van der Waals surface area (Å²) in [4.78, 5) is 9.15. The van der Waals surface area contributed by atoms with Crippen molar-refractivity contribution in [1.82, 2.24) is 10.3 Å². The predicted molar refractivity (Wildman–Crippen MR) is 115 cm³/mol. The minimum absolute atomic E-state index is 0.113. The Hall–Kier alpha value is -2.12. The van der Waals surface area contributed by atoms with Gasteiger partial charge in [0.05, 0.1) is 15.9 Å². The van der Waals surface area contributed by atoms with E-state index >= 15 is 0 Å². The molecule has 4 nitrogen and oxygen atoms in total. The number of fused-ring (bicyclic) bond motifs is 1. The highest BCUT2D eigenvalue weighted by Crippen LogP contribution is 2.27. The minimum Gasteiger partial charge on any atom is -0.361 e.